The van der Waals surface area contributed by atoms with Crippen LogP contribution in [0.3, 0.4) is 0 Å². The van der Waals surface area contributed by atoms with Crippen LogP contribution >= 0.6 is 49.9 Å². The summed E-state index contributed by atoms with van der Waals surface area (Å²) in [6, 6.07) is 21.3. The number of aromatic carboxylic acids is 1. The number of anilines is 2. The van der Waals surface area contributed by atoms with Crippen molar-refractivity contribution in [3.8, 4) is 17.0 Å². The van der Waals surface area contributed by atoms with Crippen molar-refractivity contribution in [1.29, 1.82) is 0 Å². The van der Waals surface area contributed by atoms with Gasteiger partial charge in [-0.3, -0.25) is 10.1 Å². The molecule has 7 aromatic rings. The minimum Gasteiger partial charge on any atom is -0.494 e. The summed E-state index contributed by atoms with van der Waals surface area (Å²) < 4.78 is 7.99. The smallest absolute Gasteiger partial charge is 0.355 e. The first kappa shape index (κ1) is 32.4. The number of benzene rings is 3. The lowest BCUT2D eigenvalue weighted by Gasteiger charge is -2.29. The van der Waals surface area contributed by atoms with Crippen molar-refractivity contribution in [3.05, 3.63) is 110 Å². The molecule has 5 heterocycles. The van der Waals surface area contributed by atoms with Crippen LogP contribution < -0.4 is 15.0 Å². The van der Waals surface area contributed by atoms with E-state index < -0.39 is 5.97 Å². The minimum absolute atomic E-state index is 0.0674. The van der Waals surface area contributed by atoms with E-state index in [-0.39, 0.29) is 11.6 Å². The van der Waals surface area contributed by atoms with Crippen LogP contribution in [0, 0.1) is 0 Å². The summed E-state index contributed by atoms with van der Waals surface area (Å²) in [5.74, 6) is -0.546. The standard InChI is InChI=1S/C36H27BrN6O4S3/c37-25-18-48-33-29(25)30(38-19-39-33)21-10-12-22(13-11-21)47-16-4-9-28-31(34(45)46)41-36(50-28)43-15-14-20-5-3-6-23(24(20)17-43)32(44)42-35-40-26-7-1-2-8-27(26)49-35/h1-3,5-8,10-13,18-19H,4,9,14-17H2,(H,45,46)(H,40,42,44). The molecule has 0 aliphatic carbocycles. The molecule has 1 aliphatic rings. The lowest BCUT2D eigenvalue weighted by atomic mass is 9.94. The fraction of sp³-hybridized carbons (Fsp3) is 0.167. The number of carboxylic acid groups (broad SMARTS) is 1. The Morgan fingerprint density at radius 1 is 1.00 bits per heavy atom. The Hall–Kier alpha value is -4.76. The first-order valence-electron chi connectivity index (χ1n) is 15.8. The Balaban J connectivity index is 0.921. The number of carboxylic acids is 1. The number of rotatable bonds is 10. The van der Waals surface area contributed by atoms with Gasteiger partial charge in [0.1, 0.15) is 16.9 Å². The number of halogens is 1. The lowest BCUT2D eigenvalue weighted by Crippen LogP contribution is -2.32. The van der Waals surface area contributed by atoms with Gasteiger partial charge in [-0.15, -0.1) is 22.7 Å². The minimum atomic E-state index is -1.05. The number of thiazole rings is 2. The molecule has 4 aromatic heterocycles. The Labute approximate surface area is 306 Å². The second kappa shape index (κ2) is 13.9. The molecule has 0 fully saturated rings. The van der Waals surface area contributed by atoms with Crippen LogP contribution in [-0.2, 0) is 19.4 Å². The second-order valence-electron chi connectivity index (χ2n) is 11.6. The van der Waals surface area contributed by atoms with Gasteiger partial charge in [-0.25, -0.2) is 24.7 Å². The molecular formula is C36H27BrN6O4S3. The molecular weight excluding hydrogens is 757 g/mol. The summed E-state index contributed by atoms with van der Waals surface area (Å²) in [7, 11) is 0. The molecule has 3 aromatic carbocycles. The van der Waals surface area contributed by atoms with Gasteiger partial charge in [-0.05, 0) is 88.8 Å². The van der Waals surface area contributed by atoms with E-state index >= 15 is 0 Å². The molecule has 0 unspecified atom stereocenters. The SMILES string of the molecule is O=C(Nc1nc2ccccc2s1)c1cccc2c1CN(c1nc(C(=O)O)c(CCCOc3ccc(-c4ncnc5scc(Br)c45)cc3)s1)CC2. The molecule has 8 rings (SSSR count). The van der Waals surface area contributed by atoms with Crippen molar-refractivity contribution in [2.24, 2.45) is 0 Å². The predicted octanol–water partition coefficient (Wildman–Crippen LogP) is 8.71. The average Bonchev–Trinajstić information content (AvgIpc) is 3.86. The number of nitrogens with zero attached hydrogens (tertiary/aromatic N) is 5. The van der Waals surface area contributed by atoms with Gasteiger partial charge in [0.15, 0.2) is 16.0 Å². The van der Waals surface area contributed by atoms with Crippen molar-refractivity contribution in [2.45, 2.75) is 25.8 Å². The number of fused-ring (bicyclic) bond motifs is 3. The highest BCUT2D eigenvalue weighted by Gasteiger charge is 2.27. The van der Waals surface area contributed by atoms with Gasteiger partial charge in [-0.2, -0.15) is 0 Å². The summed E-state index contributed by atoms with van der Waals surface area (Å²) in [6.07, 6.45) is 3.43. The highest BCUT2D eigenvalue weighted by atomic mass is 79.9. The number of amides is 1. The van der Waals surface area contributed by atoms with Gasteiger partial charge < -0.3 is 14.7 Å². The Kier molecular flexibility index (Phi) is 9.00. The predicted molar refractivity (Wildman–Crippen MR) is 202 cm³/mol. The number of aryl methyl sites for hydroxylation is 1. The molecule has 10 nitrogen and oxygen atoms in total. The van der Waals surface area contributed by atoms with Gasteiger partial charge in [0.25, 0.3) is 5.91 Å². The molecule has 250 valence electrons. The molecule has 2 N–H and O–H groups in total. The number of aromatic nitrogens is 4. The van der Waals surface area contributed by atoms with Crippen molar-refractivity contribution in [3.63, 3.8) is 0 Å². The molecule has 50 heavy (non-hydrogen) atoms. The van der Waals surface area contributed by atoms with E-state index in [4.69, 9.17) is 4.74 Å². The van der Waals surface area contributed by atoms with Gasteiger partial charge in [0.2, 0.25) is 0 Å². The lowest BCUT2D eigenvalue weighted by molar-refractivity contribution is 0.0690. The first-order chi connectivity index (χ1) is 24.4. The van der Waals surface area contributed by atoms with E-state index in [1.807, 2.05) is 72.1 Å². The maximum atomic E-state index is 13.5. The second-order valence-corrected chi connectivity index (χ2v) is 15.4. The molecule has 0 saturated heterocycles. The number of ether oxygens (including phenoxy) is 1. The number of thiophene rings is 1. The van der Waals surface area contributed by atoms with Crippen molar-refractivity contribution < 1.29 is 19.4 Å². The van der Waals surface area contributed by atoms with Crippen molar-refractivity contribution >= 4 is 92.5 Å². The zero-order valence-electron chi connectivity index (χ0n) is 26.3. The van der Waals surface area contributed by atoms with Crippen molar-refractivity contribution in [1.82, 2.24) is 19.9 Å². The molecule has 0 radical (unpaired) electrons. The number of hydrogen-bond acceptors (Lipinski definition) is 11. The Bertz CT molecular complexity index is 2360. The summed E-state index contributed by atoms with van der Waals surface area (Å²) in [6.45, 7) is 1.54. The monoisotopic (exact) mass is 782 g/mol. The van der Waals surface area contributed by atoms with Crippen LogP contribution in [0.4, 0.5) is 10.3 Å². The summed E-state index contributed by atoms with van der Waals surface area (Å²) in [5.41, 5.74) is 5.33. The third kappa shape index (κ3) is 6.47. The maximum Gasteiger partial charge on any atom is 0.355 e. The summed E-state index contributed by atoms with van der Waals surface area (Å²) in [4.78, 5) is 47.3. The summed E-state index contributed by atoms with van der Waals surface area (Å²) in [5, 5.41) is 17.2. The molecule has 1 amide bonds. The van der Waals surface area contributed by atoms with Crippen LogP contribution in [0.15, 0.2) is 82.9 Å². The van der Waals surface area contributed by atoms with Crippen LogP contribution in [-0.4, -0.2) is 50.1 Å². The number of hydrogen-bond donors (Lipinski definition) is 2. The van der Waals surface area contributed by atoms with E-state index in [0.29, 0.717) is 59.7 Å². The van der Waals surface area contributed by atoms with Gasteiger partial charge in [0, 0.05) is 38.9 Å². The van der Waals surface area contributed by atoms with E-state index in [1.54, 1.807) is 17.7 Å². The van der Waals surface area contributed by atoms with E-state index in [0.717, 1.165) is 53.0 Å². The maximum absolute atomic E-state index is 13.5. The zero-order valence-corrected chi connectivity index (χ0v) is 30.3. The number of nitrogens with one attached hydrogen (secondary N) is 1. The van der Waals surface area contributed by atoms with Crippen LogP contribution in [0.5, 0.6) is 5.75 Å². The average molecular weight is 784 g/mol. The van der Waals surface area contributed by atoms with Crippen LogP contribution in [0.1, 0.15) is 43.3 Å². The van der Waals surface area contributed by atoms with Gasteiger partial charge in [-0.1, -0.05) is 35.6 Å². The quantitative estimate of drug-likeness (QED) is 0.131. The Morgan fingerprint density at radius 2 is 1.86 bits per heavy atom. The third-order valence-electron chi connectivity index (χ3n) is 8.46. The number of carbonyl (C=O) groups is 2. The largest absolute Gasteiger partial charge is 0.494 e. The molecule has 14 heteroatoms. The molecule has 0 spiro atoms. The van der Waals surface area contributed by atoms with Gasteiger partial charge in [0.05, 0.1) is 27.9 Å². The van der Waals surface area contributed by atoms with Crippen LogP contribution in [0.2, 0.25) is 0 Å². The topological polar surface area (TPSA) is 130 Å². The number of para-hydroxylation sites is 1. The summed E-state index contributed by atoms with van der Waals surface area (Å²) >= 11 is 8.00. The molecule has 0 bridgehead atoms. The molecule has 1 aliphatic heterocycles. The fourth-order valence-electron chi connectivity index (χ4n) is 6.05. The number of carbonyl (C=O) groups excluding carboxylic acids is 1. The van der Waals surface area contributed by atoms with E-state index in [9.17, 15) is 14.7 Å². The van der Waals surface area contributed by atoms with E-state index in [2.05, 4.69) is 46.1 Å². The zero-order chi connectivity index (χ0) is 34.2. The van der Waals surface area contributed by atoms with Crippen LogP contribution in [0.25, 0.3) is 31.7 Å². The third-order valence-corrected chi connectivity index (χ3v) is 12.4. The fourth-order valence-corrected chi connectivity index (χ4v) is 9.58. The van der Waals surface area contributed by atoms with Crippen molar-refractivity contribution in [2.75, 3.05) is 23.4 Å². The first-order valence-corrected chi connectivity index (χ1v) is 19.1. The highest BCUT2D eigenvalue weighted by molar-refractivity contribution is 9.10. The molecule has 0 atom stereocenters. The molecule has 0 saturated carbocycles. The van der Waals surface area contributed by atoms with Gasteiger partial charge >= 0.3 is 5.97 Å². The highest BCUT2D eigenvalue weighted by Crippen LogP contribution is 2.36. The van der Waals surface area contributed by atoms with E-state index in [1.165, 1.54) is 22.7 Å². The normalized spacial score (nSPS) is 12.7. The Morgan fingerprint density at radius 3 is 2.70 bits per heavy atom.